The Morgan fingerprint density at radius 1 is 1.37 bits per heavy atom. The summed E-state index contributed by atoms with van der Waals surface area (Å²) in [6, 6.07) is 6.28. The number of sulfonamides is 1. The fraction of sp³-hybridized carbons (Fsp3) is 0.385. The zero-order valence-electron chi connectivity index (χ0n) is 10.5. The van der Waals surface area contributed by atoms with Crippen LogP contribution in [0.1, 0.15) is 12.8 Å². The Morgan fingerprint density at radius 2 is 2.21 bits per heavy atom. The van der Waals surface area contributed by atoms with Crippen LogP contribution in [0.4, 0.5) is 0 Å². The summed E-state index contributed by atoms with van der Waals surface area (Å²) in [6.07, 6.45) is 3.86. The molecule has 6 heteroatoms. The molecule has 1 aliphatic heterocycles. The molecule has 0 amide bonds. The predicted molar refractivity (Wildman–Crippen MR) is 76.8 cm³/mol. The lowest BCUT2D eigenvalue weighted by atomic mass is 10.1. The molecule has 0 saturated carbocycles. The fourth-order valence-electron chi connectivity index (χ4n) is 1.96. The van der Waals surface area contributed by atoms with Crippen LogP contribution in [-0.2, 0) is 10.0 Å². The van der Waals surface area contributed by atoms with Gasteiger partial charge in [0.05, 0.1) is 4.90 Å². The standard InChI is InChI=1S/C13H17ClN2O2S/c14-12-2-1-3-13(10-12)19(17,18)16-9-6-11-4-7-15-8-5-11/h1-4,10,15-16H,5-9H2. The molecule has 0 spiro atoms. The summed E-state index contributed by atoms with van der Waals surface area (Å²) in [7, 11) is -3.46. The van der Waals surface area contributed by atoms with Crippen LogP contribution in [0.3, 0.4) is 0 Å². The van der Waals surface area contributed by atoms with Crippen LogP contribution in [0.5, 0.6) is 0 Å². The van der Waals surface area contributed by atoms with Crippen LogP contribution in [0.25, 0.3) is 0 Å². The Hall–Kier alpha value is -0.880. The van der Waals surface area contributed by atoms with Gasteiger partial charge >= 0.3 is 0 Å². The third-order valence-corrected chi connectivity index (χ3v) is 4.70. The van der Waals surface area contributed by atoms with Crippen molar-refractivity contribution in [2.24, 2.45) is 0 Å². The molecule has 1 aliphatic rings. The minimum Gasteiger partial charge on any atom is -0.313 e. The highest BCUT2D eigenvalue weighted by molar-refractivity contribution is 7.89. The van der Waals surface area contributed by atoms with Gasteiger partial charge in [-0.1, -0.05) is 29.3 Å². The molecule has 1 heterocycles. The highest BCUT2D eigenvalue weighted by atomic mass is 35.5. The Labute approximate surface area is 118 Å². The van der Waals surface area contributed by atoms with Gasteiger partial charge < -0.3 is 5.32 Å². The molecule has 2 N–H and O–H groups in total. The molecule has 0 saturated heterocycles. The van der Waals surface area contributed by atoms with E-state index >= 15 is 0 Å². The predicted octanol–water partition coefficient (Wildman–Crippen LogP) is 1.93. The van der Waals surface area contributed by atoms with E-state index in [0.29, 0.717) is 11.6 Å². The molecule has 0 bridgehead atoms. The second-order valence-corrected chi connectivity index (χ2v) is 6.63. The highest BCUT2D eigenvalue weighted by Gasteiger charge is 2.14. The summed E-state index contributed by atoms with van der Waals surface area (Å²) < 4.78 is 26.7. The quantitative estimate of drug-likeness (QED) is 0.817. The molecule has 0 fully saturated rings. The third-order valence-electron chi connectivity index (χ3n) is 3.00. The average molecular weight is 301 g/mol. The van der Waals surface area contributed by atoms with E-state index in [-0.39, 0.29) is 4.90 Å². The van der Waals surface area contributed by atoms with Gasteiger partial charge in [0.25, 0.3) is 0 Å². The summed E-state index contributed by atoms with van der Waals surface area (Å²) in [5.74, 6) is 0. The maximum atomic E-state index is 12.0. The van der Waals surface area contributed by atoms with Crippen molar-refractivity contribution < 1.29 is 8.42 Å². The second-order valence-electron chi connectivity index (χ2n) is 4.42. The average Bonchev–Trinajstić information content (AvgIpc) is 2.40. The molecule has 0 aromatic heterocycles. The summed E-state index contributed by atoms with van der Waals surface area (Å²) in [5, 5.41) is 3.64. The molecule has 2 rings (SSSR count). The number of nitrogens with one attached hydrogen (secondary N) is 2. The van der Waals surface area contributed by atoms with E-state index in [2.05, 4.69) is 16.1 Å². The van der Waals surface area contributed by atoms with E-state index in [1.165, 1.54) is 17.7 Å². The van der Waals surface area contributed by atoms with Crippen molar-refractivity contribution in [3.63, 3.8) is 0 Å². The molecule has 0 aliphatic carbocycles. The van der Waals surface area contributed by atoms with E-state index in [4.69, 9.17) is 11.6 Å². The lowest BCUT2D eigenvalue weighted by Crippen LogP contribution is -2.26. The van der Waals surface area contributed by atoms with Gasteiger partial charge in [-0.15, -0.1) is 0 Å². The van der Waals surface area contributed by atoms with E-state index in [0.717, 1.165) is 25.9 Å². The maximum Gasteiger partial charge on any atom is 0.240 e. The maximum absolute atomic E-state index is 12.0. The van der Waals surface area contributed by atoms with Crippen molar-refractivity contribution in [3.8, 4) is 0 Å². The van der Waals surface area contributed by atoms with Crippen LogP contribution < -0.4 is 10.0 Å². The smallest absolute Gasteiger partial charge is 0.240 e. The van der Waals surface area contributed by atoms with Gasteiger partial charge in [-0.25, -0.2) is 13.1 Å². The van der Waals surface area contributed by atoms with E-state index in [1.54, 1.807) is 12.1 Å². The Balaban J connectivity index is 1.92. The molecule has 4 nitrogen and oxygen atoms in total. The lowest BCUT2D eigenvalue weighted by Gasteiger charge is -2.14. The number of hydrogen-bond acceptors (Lipinski definition) is 3. The molecular formula is C13H17ClN2O2S. The van der Waals surface area contributed by atoms with E-state index in [9.17, 15) is 8.42 Å². The summed E-state index contributed by atoms with van der Waals surface area (Å²) in [6.45, 7) is 2.25. The van der Waals surface area contributed by atoms with Crippen LogP contribution in [-0.4, -0.2) is 28.1 Å². The van der Waals surface area contributed by atoms with Crippen LogP contribution in [0.2, 0.25) is 5.02 Å². The second kappa shape index (κ2) is 6.52. The number of halogens is 1. The van der Waals surface area contributed by atoms with E-state index < -0.39 is 10.0 Å². The van der Waals surface area contributed by atoms with Crippen molar-refractivity contribution in [3.05, 3.63) is 40.9 Å². The number of rotatable bonds is 5. The van der Waals surface area contributed by atoms with Gasteiger partial charge in [-0.3, -0.25) is 0 Å². The highest BCUT2D eigenvalue weighted by Crippen LogP contribution is 2.15. The Bertz CT molecular complexity index is 570. The molecule has 104 valence electrons. The summed E-state index contributed by atoms with van der Waals surface area (Å²) in [5.41, 5.74) is 1.30. The SMILES string of the molecule is O=S(=O)(NCCC1=CCNCC1)c1cccc(Cl)c1. The van der Waals surface area contributed by atoms with Gasteiger partial charge in [0.1, 0.15) is 0 Å². The first-order valence-corrected chi connectivity index (χ1v) is 8.08. The largest absolute Gasteiger partial charge is 0.313 e. The van der Waals surface area contributed by atoms with Crippen molar-refractivity contribution in [1.29, 1.82) is 0 Å². The van der Waals surface area contributed by atoms with Gasteiger partial charge in [0, 0.05) is 18.1 Å². The zero-order chi connectivity index (χ0) is 13.7. The summed E-state index contributed by atoms with van der Waals surface area (Å²) in [4.78, 5) is 0.208. The molecule has 19 heavy (non-hydrogen) atoms. The number of hydrogen-bond donors (Lipinski definition) is 2. The van der Waals surface area contributed by atoms with Gasteiger partial charge in [-0.2, -0.15) is 0 Å². The van der Waals surface area contributed by atoms with Crippen molar-refractivity contribution >= 4 is 21.6 Å². The van der Waals surface area contributed by atoms with Crippen LogP contribution >= 0.6 is 11.6 Å². The van der Waals surface area contributed by atoms with Crippen molar-refractivity contribution in [2.45, 2.75) is 17.7 Å². The normalized spacial score (nSPS) is 16.2. The van der Waals surface area contributed by atoms with Crippen LogP contribution in [0, 0.1) is 0 Å². The lowest BCUT2D eigenvalue weighted by molar-refractivity contribution is 0.580. The fourth-order valence-corrected chi connectivity index (χ4v) is 3.29. The monoisotopic (exact) mass is 300 g/mol. The minimum atomic E-state index is -3.46. The van der Waals surface area contributed by atoms with Gasteiger partial charge in [-0.05, 0) is 37.6 Å². The molecule has 0 radical (unpaired) electrons. The third kappa shape index (κ3) is 4.31. The molecule has 0 atom stereocenters. The van der Waals surface area contributed by atoms with Gasteiger partial charge in [0.2, 0.25) is 10.0 Å². The Morgan fingerprint density at radius 3 is 2.89 bits per heavy atom. The molecule has 1 aromatic rings. The van der Waals surface area contributed by atoms with Crippen molar-refractivity contribution in [1.82, 2.24) is 10.0 Å². The Kier molecular flexibility index (Phi) is 4.99. The first-order valence-electron chi connectivity index (χ1n) is 6.22. The molecule has 0 unspecified atom stereocenters. The topological polar surface area (TPSA) is 58.2 Å². The molecular weight excluding hydrogens is 284 g/mol. The van der Waals surface area contributed by atoms with E-state index in [1.807, 2.05) is 0 Å². The summed E-state index contributed by atoms with van der Waals surface area (Å²) >= 11 is 5.80. The minimum absolute atomic E-state index is 0.208. The molecule has 1 aromatic carbocycles. The zero-order valence-corrected chi connectivity index (χ0v) is 12.1. The van der Waals surface area contributed by atoms with Gasteiger partial charge in [0.15, 0.2) is 0 Å². The van der Waals surface area contributed by atoms with Crippen LogP contribution in [0.15, 0.2) is 40.8 Å². The number of benzene rings is 1. The first kappa shape index (κ1) is 14.5. The van der Waals surface area contributed by atoms with Crippen molar-refractivity contribution in [2.75, 3.05) is 19.6 Å². The first-order chi connectivity index (χ1) is 9.08.